The summed E-state index contributed by atoms with van der Waals surface area (Å²) in [4.78, 5) is 3.28. The van der Waals surface area contributed by atoms with Gasteiger partial charge in [0, 0.05) is 25.2 Å². The fraction of sp³-hybridized carbons (Fsp3) is 0.923. The van der Waals surface area contributed by atoms with Gasteiger partial charge in [-0.1, -0.05) is 19.1 Å². The number of thiocarbonyl (C=S) groups is 1. The highest BCUT2D eigenvalue weighted by Crippen LogP contribution is 2.31. The summed E-state index contributed by atoms with van der Waals surface area (Å²) < 4.78 is 5.40. The van der Waals surface area contributed by atoms with E-state index in [9.17, 15) is 0 Å². The smallest absolute Gasteiger partial charge is 0.0788 e. The minimum Gasteiger partial charge on any atom is -0.393 e. The highest BCUT2D eigenvalue weighted by atomic mass is 32.1. The molecule has 2 fully saturated rings. The first-order valence-corrected chi connectivity index (χ1v) is 7.11. The van der Waals surface area contributed by atoms with Gasteiger partial charge in [0.2, 0.25) is 0 Å². The number of ether oxygens (including phenoxy) is 1. The van der Waals surface area contributed by atoms with Crippen LogP contribution in [-0.2, 0) is 4.74 Å². The topological polar surface area (TPSA) is 38.5 Å². The van der Waals surface area contributed by atoms with Crippen molar-refractivity contribution in [3.63, 3.8) is 0 Å². The van der Waals surface area contributed by atoms with Gasteiger partial charge in [0.15, 0.2) is 0 Å². The Hall–Kier alpha value is -0.190. The lowest BCUT2D eigenvalue weighted by Gasteiger charge is -2.40. The predicted octanol–water partition coefficient (Wildman–Crippen LogP) is 1.80. The van der Waals surface area contributed by atoms with Crippen LogP contribution in [0.15, 0.2) is 0 Å². The van der Waals surface area contributed by atoms with Crippen LogP contribution < -0.4 is 5.73 Å². The molecule has 0 amide bonds. The molecule has 0 aliphatic carbocycles. The van der Waals surface area contributed by atoms with Crippen LogP contribution in [0.5, 0.6) is 0 Å². The van der Waals surface area contributed by atoms with Gasteiger partial charge in [-0.25, -0.2) is 0 Å². The maximum atomic E-state index is 5.83. The van der Waals surface area contributed by atoms with Crippen LogP contribution in [0, 0.1) is 11.3 Å². The Kier molecular flexibility index (Phi) is 4.39. The van der Waals surface area contributed by atoms with Crippen molar-refractivity contribution in [1.29, 1.82) is 0 Å². The number of hydrogen-bond acceptors (Lipinski definition) is 3. The zero-order valence-electron chi connectivity index (χ0n) is 10.8. The molecule has 0 bridgehead atoms. The van der Waals surface area contributed by atoms with Crippen molar-refractivity contribution in [3.05, 3.63) is 0 Å². The molecule has 0 spiro atoms. The Balaban J connectivity index is 1.77. The van der Waals surface area contributed by atoms with E-state index in [1.54, 1.807) is 0 Å². The summed E-state index contributed by atoms with van der Waals surface area (Å²) in [7, 11) is 0. The number of hydrogen-bond donors (Lipinski definition) is 1. The molecule has 2 rings (SSSR count). The van der Waals surface area contributed by atoms with Crippen LogP contribution in [0.1, 0.15) is 32.6 Å². The van der Waals surface area contributed by atoms with E-state index in [0.717, 1.165) is 45.1 Å². The fourth-order valence-corrected chi connectivity index (χ4v) is 2.97. The normalized spacial score (nSPS) is 26.9. The SMILES string of the molecule is CC1(C(N)=S)CCN(CC2CCOCC2)CC1. The van der Waals surface area contributed by atoms with E-state index in [-0.39, 0.29) is 5.41 Å². The Morgan fingerprint density at radius 3 is 2.47 bits per heavy atom. The summed E-state index contributed by atoms with van der Waals surface area (Å²) in [5.74, 6) is 0.831. The van der Waals surface area contributed by atoms with Gasteiger partial charge in [-0.2, -0.15) is 0 Å². The third-order valence-electron chi connectivity index (χ3n) is 4.41. The standard InChI is InChI=1S/C13H24N2OS/c1-13(12(14)17)4-6-15(7-5-13)10-11-2-8-16-9-3-11/h11H,2-10H2,1H3,(H2,14,17). The Bertz CT molecular complexity index is 269. The molecule has 2 aliphatic rings. The Morgan fingerprint density at radius 1 is 1.35 bits per heavy atom. The van der Waals surface area contributed by atoms with E-state index < -0.39 is 0 Å². The van der Waals surface area contributed by atoms with Crippen molar-refractivity contribution in [2.24, 2.45) is 17.1 Å². The number of rotatable bonds is 3. The minimum atomic E-state index is 0.0987. The van der Waals surface area contributed by atoms with Crippen LogP contribution in [0.25, 0.3) is 0 Å². The average molecular weight is 256 g/mol. The quantitative estimate of drug-likeness (QED) is 0.782. The van der Waals surface area contributed by atoms with E-state index in [0.29, 0.717) is 4.99 Å². The predicted molar refractivity (Wildman–Crippen MR) is 74.1 cm³/mol. The molecule has 2 N–H and O–H groups in total. The number of nitrogens with zero attached hydrogens (tertiary/aromatic N) is 1. The number of nitrogens with two attached hydrogens (primary N) is 1. The van der Waals surface area contributed by atoms with Crippen molar-refractivity contribution in [2.75, 3.05) is 32.8 Å². The van der Waals surface area contributed by atoms with E-state index in [1.165, 1.54) is 19.4 Å². The average Bonchev–Trinajstić information content (AvgIpc) is 2.33. The van der Waals surface area contributed by atoms with E-state index in [4.69, 9.17) is 22.7 Å². The van der Waals surface area contributed by atoms with Crippen LogP contribution in [-0.4, -0.2) is 42.7 Å². The summed E-state index contributed by atoms with van der Waals surface area (Å²) in [6, 6.07) is 0. The van der Waals surface area contributed by atoms with Crippen molar-refractivity contribution >= 4 is 17.2 Å². The van der Waals surface area contributed by atoms with Crippen molar-refractivity contribution in [1.82, 2.24) is 4.90 Å². The van der Waals surface area contributed by atoms with E-state index in [1.807, 2.05) is 0 Å². The monoisotopic (exact) mass is 256 g/mol. The van der Waals surface area contributed by atoms with Gasteiger partial charge in [0.05, 0.1) is 4.99 Å². The van der Waals surface area contributed by atoms with Crippen LogP contribution >= 0.6 is 12.2 Å². The van der Waals surface area contributed by atoms with Gasteiger partial charge in [-0.05, 0) is 44.7 Å². The second-order valence-electron chi connectivity index (χ2n) is 5.78. The highest BCUT2D eigenvalue weighted by molar-refractivity contribution is 7.80. The van der Waals surface area contributed by atoms with Gasteiger partial charge in [0.25, 0.3) is 0 Å². The van der Waals surface area contributed by atoms with Crippen LogP contribution in [0.2, 0.25) is 0 Å². The summed E-state index contributed by atoms with van der Waals surface area (Å²) >= 11 is 5.17. The van der Waals surface area contributed by atoms with Gasteiger partial charge >= 0.3 is 0 Å². The molecule has 0 unspecified atom stereocenters. The zero-order chi connectivity index (χ0) is 12.3. The fourth-order valence-electron chi connectivity index (χ4n) is 2.77. The van der Waals surface area contributed by atoms with Gasteiger partial charge in [-0.3, -0.25) is 0 Å². The second-order valence-corrected chi connectivity index (χ2v) is 6.22. The molecule has 4 heteroatoms. The van der Waals surface area contributed by atoms with Gasteiger partial charge in [0.1, 0.15) is 0 Å². The number of piperidine rings is 1. The first kappa shape index (κ1) is 13.2. The zero-order valence-corrected chi connectivity index (χ0v) is 11.6. The summed E-state index contributed by atoms with van der Waals surface area (Å²) in [5.41, 5.74) is 5.93. The molecule has 3 nitrogen and oxygen atoms in total. The molecule has 98 valence electrons. The minimum absolute atomic E-state index is 0.0987. The lowest BCUT2D eigenvalue weighted by atomic mass is 9.80. The highest BCUT2D eigenvalue weighted by Gasteiger charge is 2.33. The number of likely N-dealkylation sites (tertiary alicyclic amines) is 1. The summed E-state index contributed by atoms with van der Waals surface area (Å²) in [5, 5.41) is 0. The van der Waals surface area contributed by atoms with Gasteiger partial charge in [-0.15, -0.1) is 0 Å². The summed E-state index contributed by atoms with van der Waals surface area (Å²) in [6.07, 6.45) is 4.68. The third kappa shape index (κ3) is 3.39. The largest absolute Gasteiger partial charge is 0.393 e. The first-order chi connectivity index (χ1) is 8.10. The molecule has 0 aromatic carbocycles. The molecule has 17 heavy (non-hydrogen) atoms. The first-order valence-electron chi connectivity index (χ1n) is 6.70. The molecular weight excluding hydrogens is 232 g/mol. The molecule has 0 aromatic heterocycles. The lowest BCUT2D eigenvalue weighted by molar-refractivity contribution is 0.0449. The van der Waals surface area contributed by atoms with E-state index >= 15 is 0 Å². The maximum absolute atomic E-state index is 5.83. The summed E-state index contributed by atoms with van der Waals surface area (Å²) in [6.45, 7) is 7.63. The van der Waals surface area contributed by atoms with Crippen molar-refractivity contribution in [3.8, 4) is 0 Å². The molecule has 0 saturated carbocycles. The lowest BCUT2D eigenvalue weighted by Crippen LogP contribution is -2.46. The van der Waals surface area contributed by atoms with Crippen LogP contribution in [0.4, 0.5) is 0 Å². The molecule has 0 radical (unpaired) electrons. The third-order valence-corrected chi connectivity index (χ3v) is 4.90. The molecule has 2 heterocycles. The molecular formula is C13H24N2OS. The van der Waals surface area contributed by atoms with Crippen molar-refractivity contribution < 1.29 is 4.74 Å². The molecule has 0 atom stereocenters. The maximum Gasteiger partial charge on any atom is 0.0788 e. The van der Waals surface area contributed by atoms with Crippen LogP contribution in [0.3, 0.4) is 0 Å². The van der Waals surface area contributed by atoms with E-state index in [2.05, 4.69) is 11.8 Å². The Morgan fingerprint density at radius 2 is 1.94 bits per heavy atom. The van der Waals surface area contributed by atoms with Crippen molar-refractivity contribution in [2.45, 2.75) is 32.6 Å². The second kappa shape index (κ2) is 5.63. The Labute approximate surface area is 110 Å². The molecule has 0 aromatic rings. The molecule has 2 aliphatic heterocycles. The van der Waals surface area contributed by atoms with Gasteiger partial charge < -0.3 is 15.4 Å². The molecule has 2 saturated heterocycles.